The normalized spacial score (nSPS) is 19.9. The highest BCUT2D eigenvalue weighted by molar-refractivity contribution is 5.94. The first-order valence-electron chi connectivity index (χ1n) is 13.9. The van der Waals surface area contributed by atoms with Gasteiger partial charge in [-0.2, -0.15) is 0 Å². The minimum absolute atomic E-state index is 0.000346. The van der Waals surface area contributed by atoms with Crippen LogP contribution in [0.25, 0.3) is 11.1 Å². The molecule has 0 aromatic heterocycles. The Kier molecular flexibility index (Phi) is 9.08. The Balaban J connectivity index is 1.24. The number of carbonyl (C=O) groups is 1. The van der Waals surface area contributed by atoms with E-state index < -0.39 is 6.10 Å². The predicted molar refractivity (Wildman–Crippen MR) is 146 cm³/mol. The number of hydrogen-bond donors (Lipinski definition) is 1. The summed E-state index contributed by atoms with van der Waals surface area (Å²) in [5.74, 6) is 1.54. The number of piperidine rings is 2. The first-order chi connectivity index (χ1) is 17.4. The number of amides is 1. The molecule has 2 aliphatic heterocycles. The quantitative estimate of drug-likeness (QED) is 0.476. The molecule has 2 aromatic rings. The lowest BCUT2D eigenvalue weighted by Gasteiger charge is -2.38. The molecule has 0 saturated carbocycles. The van der Waals surface area contributed by atoms with Gasteiger partial charge in [0.1, 0.15) is 5.75 Å². The van der Waals surface area contributed by atoms with Gasteiger partial charge in [-0.15, -0.1) is 0 Å². The molecule has 36 heavy (non-hydrogen) atoms. The highest BCUT2D eigenvalue weighted by Crippen LogP contribution is 2.29. The smallest absolute Gasteiger partial charge is 0.253 e. The molecule has 196 valence electrons. The van der Waals surface area contributed by atoms with Crippen LogP contribution in [0.2, 0.25) is 0 Å². The Morgan fingerprint density at radius 2 is 1.56 bits per heavy atom. The van der Waals surface area contributed by atoms with Crippen molar-refractivity contribution in [2.24, 2.45) is 11.3 Å². The molecule has 0 unspecified atom stereocenters. The summed E-state index contributed by atoms with van der Waals surface area (Å²) in [5, 5.41) is 9.86. The zero-order chi connectivity index (χ0) is 25.5. The number of aliphatic hydroxyl groups is 1. The van der Waals surface area contributed by atoms with E-state index in [4.69, 9.17) is 4.74 Å². The number of rotatable bonds is 9. The monoisotopic (exact) mass is 492 g/mol. The number of likely N-dealkylation sites (tertiary alicyclic amines) is 2. The minimum Gasteiger partial charge on any atom is -0.493 e. The summed E-state index contributed by atoms with van der Waals surface area (Å²) in [6, 6.07) is 16.0. The van der Waals surface area contributed by atoms with Crippen molar-refractivity contribution in [3.8, 4) is 16.9 Å². The van der Waals surface area contributed by atoms with Gasteiger partial charge in [-0.1, -0.05) is 45.0 Å². The van der Waals surface area contributed by atoms with Gasteiger partial charge in [0, 0.05) is 25.2 Å². The van der Waals surface area contributed by atoms with Crippen LogP contribution < -0.4 is 4.74 Å². The fourth-order valence-corrected chi connectivity index (χ4v) is 5.41. The highest BCUT2D eigenvalue weighted by Gasteiger charge is 2.27. The molecule has 5 heteroatoms. The van der Waals surface area contributed by atoms with Crippen LogP contribution in [0.5, 0.6) is 5.75 Å². The van der Waals surface area contributed by atoms with E-state index in [-0.39, 0.29) is 5.91 Å². The number of carbonyl (C=O) groups excluding carboxylic acids is 1. The maximum absolute atomic E-state index is 12.7. The number of nitrogens with zero attached hydrogens (tertiary/aromatic N) is 2. The summed E-state index contributed by atoms with van der Waals surface area (Å²) in [7, 11) is 0. The van der Waals surface area contributed by atoms with Crippen LogP contribution >= 0.6 is 0 Å². The Morgan fingerprint density at radius 1 is 0.944 bits per heavy atom. The van der Waals surface area contributed by atoms with Gasteiger partial charge in [0.2, 0.25) is 0 Å². The van der Waals surface area contributed by atoms with E-state index in [1.54, 1.807) is 4.90 Å². The van der Waals surface area contributed by atoms with Crippen molar-refractivity contribution in [1.82, 2.24) is 9.80 Å². The van der Waals surface area contributed by atoms with Crippen LogP contribution in [0, 0.1) is 11.3 Å². The van der Waals surface area contributed by atoms with E-state index >= 15 is 0 Å². The third-order valence-corrected chi connectivity index (χ3v) is 8.51. The van der Waals surface area contributed by atoms with Crippen LogP contribution in [0.3, 0.4) is 0 Å². The minimum atomic E-state index is -0.404. The van der Waals surface area contributed by atoms with E-state index in [1.807, 2.05) is 36.4 Å². The number of hydrogen-bond acceptors (Lipinski definition) is 4. The number of aliphatic hydroxyl groups excluding tert-OH is 1. The van der Waals surface area contributed by atoms with Crippen molar-refractivity contribution in [2.75, 3.05) is 39.3 Å². The Labute approximate surface area is 217 Å². The predicted octanol–water partition coefficient (Wildman–Crippen LogP) is 5.87. The molecule has 1 N–H and O–H groups in total. The van der Waals surface area contributed by atoms with Gasteiger partial charge < -0.3 is 19.6 Å². The van der Waals surface area contributed by atoms with Crippen molar-refractivity contribution in [3.63, 3.8) is 0 Å². The fourth-order valence-electron chi connectivity index (χ4n) is 5.41. The third kappa shape index (κ3) is 6.89. The fraction of sp³-hybridized carbons (Fsp3) is 0.581. The summed E-state index contributed by atoms with van der Waals surface area (Å²) in [6.07, 6.45) is 6.14. The first kappa shape index (κ1) is 26.7. The van der Waals surface area contributed by atoms with E-state index in [0.29, 0.717) is 23.4 Å². The molecular weight excluding hydrogens is 448 g/mol. The summed E-state index contributed by atoms with van der Waals surface area (Å²) in [5.41, 5.74) is 3.30. The van der Waals surface area contributed by atoms with Crippen LogP contribution in [-0.4, -0.2) is 66.2 Å². The van der Waals surface area contributed by atoms with E-state index in [0.717, 1.165) is 42.9 Å². The second-order valence-corrected chi connectivity index (χ2v) is 11.2. The summed E-state index contributed by atoms with van der Waals surface area (Å²) >= 11 is 0. The van der Waals surface area contributed by atoms with Crippen molar-refractivity contribution < 1.29 is 14.6 Å². The second-order valence-electron chi connectivity index (χ2n) is 11.2. The van der Waals surface area contributed by atoms with Gasteiger partial charge >= 0.3 is 0 Å². The Hall–Kier alpha value is -2.37. The van der Waals surface area contributed by atoms with Crippen molar-refractivity contribution >= 4 is 5.91 Å². The number of ether oxygens (including phenoxy) is 1. The average molecular weight is 493 g/mol. The lowest BCUT2D eigenvalue weighted by atomic mass is 9.83. The van der Waals surface area contributed by atoms with Crippen LogP contribution in [-0.2, 0) is 0 Å². The number of benzene rings is 2. The van der Waals surface area contributed by atoms with Gasteiger partial charge in [0.05, 0.1) is 12.7 Å². The maximum atomic E-state index is 12.7. The lowest BCUT2D eigenvalue weighted by Crippen LogP contribution is -2.42. The molecule has 1 amide bonds. The van der Waals surface area contributed by atoms with Gasteiger partial charge in [-0.3, -0.25) is 4.79 Å². The maximum Gasteiger partial charge on any atom is 0.253 e. The van der Waals surface area contributed by atoms with Crippen molar-refractivity contribution in [3.05, 3.63) is 54.1 Å². The van der Waals surface area contributed by atoms with E-state index in [2.05, 4.69) is 37.8 Å². The van der Waals surface area contributed by atoms with Crippen LogP contribution in [0.1, 0.15) is 69.7 Å². The molecule has 2 aliphatic rings. The second kappa shape index (κ2) is 12.2. The SMILES string of the molecule is CCC(C)(CC)CN1CCC(COc2ccc(-c3ccc(C(=O)N4CCC[C@@H](O)C4)cc3)cc2)CC1. The number of β-amino-alcohol motifs (C(OH)–C–C–N with tert-alkyl or cyclic N) is 1. The van der Waals surface area contributed by atoms with Crippen LogP contribution in [0.4, 0.5) is 0 Å². The lowest BCUT2D eigenvalue weighted by molar-refractivity contribution is 0.0474. The molecule has 2 fully saturated rings. The molecule has 2 heterocycles. The van der Waals surface area contributed by atoms with Gasteiger partial charge in [0.15, 0.2) is 0 Å². The Morgan fingerprint density at radius 3 is 2.14 bits per heavy atom. The highest BCUT2D eigenvalue weighted by atomic mass is 16.5. The molecule has 0 aliphatic carbocycles. The molecular formula is C31H44N2O3. The molecule has 0 spiro atoms. The van der Waals surface area contributed by atoms with E-state index in [1.165, 1.54) is 45.3 Å². The molecule has 0 bridgehead atoms. The summed E-state index contributed by atoms with van der Waals surface area (Å²) in [6.45, 7) is 12.6. The topological polar surface area (TPSA) is 53.0 Å². The molecule has 5 nitrogen and oxygen atoms in total. The average Bonchev–Trinajstić information content (AvgIpc) is 2.92. The zero-order valence-corrected chi connectivity index (χ0v) is 22.4. The molecule has 0 radical (unpaired) electrons. The molecule has 2 saturated heterocycles. The summed E-state index contributed by atoms with van der Waals surface area (Å²) in [4.78, 5) is 17.1. The third-order valence-electron chi connectivity index (χ3n) is 8.51. The first-order valence-corrected chi connectivity index (χ1v) is 13.9. The van der Waals surface area contributed by atoms with Gasteiger partial charge in [0.25, 0.3) is 5.91 Å². The van der Waals surface area contributed by atoms with Crippen LogP contribution in [0.15, 0.2) is 48.5 Å². The van der Waals surface area contributed by atoms with Crippen molar-refractivity contribution in [1.29, 1.82) is 0 Å². The van der Waals surface area contributed by atoms with Gasteiger partial charge in [-0.05, 0) is 98.3 Å². The van der Waals surface area contributed by atoms with E-state index in [9.17, 15) is 9.90 Å². The Bertz CT molecular complexity index is 960. The largest absolute Gasteiger partial charge is 0.493 e. The van der Waals surface area contributed by atoms with Gasteiger partial charge in [-0.25, -0.2) is 0 Å². The molecule has 1 atom stereocenters. The molecule has 2 aromatic carbocycles. The molecule has 4 rings (SSSR count). The van der Waals surface area contributed by atoms with Crippen molar-refractivity contribution in [2.45, 2.75) is 65.4 Å². The standard InChI is InChI=1S/C31H44N2O3/c1-4-31(3,5-2)23-32-19-16-24(17-20-32)22-36-29-14-12-26(13-15-29)25-8-10-27(11-9-25)30(35)33-18-6-7-28(34)21-33/h8-15,24,28,34H,4-7,16-23H2,1-3H3/t28-/m1/s1. The summed E-state index contributed by atoms with van der Waals surface area (Å²) < 4.78 is 6.15. The zero-order valence-electron chi connectivity index (χ0n) is 22.4.